The van der Waals surface area contributed by atoms with Crippen LogP contribution in [0.2, 0.25) is 5.02 Å². The zero-order valence-electron chi connectivity index (χ0n) is 17.7. The van der Waals surface area contributed by atoms with Gasteiger partial charge in [0.1, 0.15) is 5.75 Å². The Labute approximate surface area is 182 Å². The predicted octanol–water partition coefficient (Wildman–Crippen LogP) is 2.80. The number of benzene rings is 1. The van der Waals surface area contributed by atoms with Gasteiger partial charge in [-0.05, 0) is 51.3 Å². The third-order valence-corrected chi connectivity index (χ3v) is 4.65. The number of nitrogens with one attached hydrogen (secondary N) is 2. The standard InChI is InChI=1S/C21H30ClN5O3/c1-5-30-20-11-10-15(22)12-16(20)18(27-25-4)9-7-6-8-17(23)21(29)26-19(13-28)14(2)24-3/h10-13,17,24H,4-9,23H2,1-3H3,(H,26,29)/b19-14+,27-18+. The minimum atomic E-state index is -0.729. The maximum Gasteiger partial charge on any atom is 0.241 e. The number of aldehydes is 1. The van der Waals surface area contributed by atoms with Crippen LogP contribution in [0.15, 0.2) is 39.8 Å². The summed E-state index contributed by atoms with van der Waals surface area (Å²) >= 11 is 6.13. The SMILES string of the molecule is C=N/N=C(\CCCCC(N)C(=O)N/C(C=O)=C(\C)NC)c1cc(Cl)ccc1OCC. The van der Waals surface area contributed by atoms with Crippen molar-refractivity contribution in [2.75, 3.05) is 13.7 Å². The molecule has 0 aliphatic rings. The summed E-state index contributed by atoms with van der Waals surface area (Å²) in [4.78, 5) is 23.3. The van der Waals surface area contributed by atoms with Gasteiger partial charge in [0.15, 0.2) is 6.29 Å². The highest BCUT2D eigenvalue weighted by Crippen LogP contribution is 2.26. The molecule has 1 atom stereocenters. The van der Waals surface area contributed by atoms with Crippen molar-refractivity contribution in [2.45, 2.75) is 45.6 Å². The van der Waals surface area contributed by atoms with Crippen LogP contribution >= 0.6 is 11.6 Å². The van der Waals surface area contributed by atoms with E-state index in [0.29, 0.717) is 54.3 Å². The summed E-state index contributed by atoms with van der Waals surface area (Å²) in [5.41, 5.74) is 8.17. The number of ether oxygens (including phenoxy) is 1. The lowest BCUT2D eigenvalue weighted by Crippen LogP contribution is -2.41. The van der Waals surface area contributed by atoms with Gasteiger partial charge in [-0.15, -0.1) is 0 Å². The lowest BCUT2D eigenvalue weighted by Gasteiger charge is -2.14. The number of allylic oxidation sites excluding steroid dienone is 2. The summed E-state index contributed by atoms with van der Waals surface area (Å²) in [5, 5.41) is 13.7. The molecule has 8 nitrogen and oxygen atoms in total. The van der Waals surface area contributed by atoms with Gasteiger partial charge in [-0.25, -0.2) is 0 Å². The van der Waals surface area contributed by atoms with Crippen LogP contribution in [-0.2, 0) is 9.59 Å². The van der Waals surface area contributed by atoms with Gasteiger partial charge >= 0.3 is 0 Å². The number of rotatable bonds is 13. The minimum Gasteiger partial charge on any atom is -0.493 e. The highest BCUT2D eigenvalue weighted by atomic mass is 35.5. The van der Waals surface area contributed by atoms with Crippen LogP contribution in [0, 0.1) is 0 Å². The first-order valence-electron chi connectivity index (χ1n) is 9.73. The van der Waals surface area contributed by atoms with Crippen molar-refractivity contribution in [3.63, 3.8) is 0 Å². The van der Waals surface area contributed by atoms with Crippen molar-refractivity contribution in [1.29, 1.82) is 0 Å². The Morgan fingerprint density at radius 3 is 2.73 bits per heavy atom. The number of carbonyl (C=O) groups excluding carboxylic acids is 2. The van der Waals surface area contributed by atoms with E-state index in [1.165, 1.54) is 0 Å². The first-order chi connectivity index (χ1) is 14.4. The van der Waals surface area contributed by atoms with Gasteiger partial charge in [0, 0.05) is 30.0 Å². The van der Waals surface area contributed by atoms with E-state index in [1.807, 2.05) is 6.92 Å². The van der Waals surface area contributed by atoms with Crippen molar-refractivity contribution in [1.82, 2.24) is 10.6 Å². The van der Waals surface area contributed by atoms with Crippen molar-refractivity contribution < 1.29 is 14.3 Å². The molecule has 0 aliphatic carbocycles. The smallest absolute Gasteiger partial charge is 0.241 e. The molecule has 0 spiro atoms. The molecule has 0 radical (unpaired) electrons. The van der Waals surface area contributed by atoms with Gasteiger partial charge in [-0.2, -0.15) is 10.2 Å². The molecular formula is C21H30ClN5O3. The Kier molecular flexibility index (Phi) is 11.4. The Bertz CT molecular complexity index is 808. The maximum absolute atomic E-state index is 12.2. The van der Waals surface area contributed by atoms with E-state index in [2.05, 4.69) is 27.6 Å². The number of hydrogen-bond acceptors (Lipinski definition) is 7. The van der Waals surface area contributed by atoms with Crippen LogP contribution in [0.4, 0.5) is 0 Å². The molecule has 0 fully saturated rings. The van der Waals surface area contributed by atoms with Crippen molar-refractivity contribution >= 4 is 36.2 Å². The predicted molar refractivity (Wildman–Crippen MR) is 121 cm³/mol. The van der Waals surface area contributed by atoms with Crippen LogP contribution in [0.5, 0.6) is 5.75 Å². The molecule has 30 heavy (non-hydrogen) atoms. The number of amides is 1. The fraction of sp³-hybridized carbons (Fsp3) is 0.429. The molecule has 1 amide bonds. The van der Waals surface area contributed by atoms with E-state index < -0.39 is 11.9 Å². The molecule has 1 aromatic carbocycles. The summed E-state index contributed by atoms with van der Waals surface area (Å²) in [7, 11) is 1.67. The van der Waals surface area contributed by atoms with E-state index >= 15 is 0 Å². The Morgan fingerprint density at radius 1 is 1.40 bits per heavy atom. The van der Waals surface area contributed by atoms with E-state index in [4.69, 9.17) is 22.1 Å². The summed E-state index contributed by atoms with van der Waals surface area (Å²) in [5.74, 6) is 0.273. The highest BCUT2D eigenvalue weighted by Gasteiger charge is 2.16. The molecule has 0 saturated carbocycles. The average Bonchev–Trinajstić information content (AvgIpc) is 2.74. The second-order valence-corrected chi connectivity index (χ2v) is 6.95. The first kappa shape index (κ1) is 25.3. The summed E-state index contributed by atoms with van der Waals surface area (Å²) in [6.07, 6.45) is 3.04. The maximum atomic E-state index is 12.2. The van der Waals surface area contributed by atoms with Crippen LogP contribution in [0.1, 0.15) is 45.1 Å². The molecule has 0 saturated heterocycles. The van der Waals surface area contributed by atoms with Gasteiger partial charge in [-0.3, -0.25) is 9.59 Å². The van der Waals surface area contributed by atoms with Crippen molar-refractivity contribution in [3.8, 4) is 5.75 Å². The summed E-state index contributed by atoms with van der Waals surface area (Å²) in [6, 6.07) is 4.61. The van der Waals surface area contributed by atoms with E-state index in [0.717, 1.165) is 12.0 Å². The van der Waals surface area contributed by atoms with Crippen LogP contribution in [0.3, 0.4) is 0 Å². The number of hydrogen-bond donors (Lipinski definition) is 3. The number of halogens is 1. The van der Waals surface area contributed by atoms with Gasteiger partial charge < -0.3 is 21.1 Å². The Hall–Kier alpha value is -2.71. The molecule has 4 N–H and O–H groups in total. The lowest BCUT2D eigenvalue weighted by molar-refractivity contribution is -0.122. The molecule has 1 rings (SSSR count). The molecule has 9 heteroatoms. The normalized spacial score (nSPS) is 13.2. The van der Waals surface area contributed by atoms with E-state index in [1.54, 1.807) is 32.2 Å². The van der Waals surface area contributed by atoms with Crippen molar-refractivity contribution in [2.24, 2.45) is 15.9 Å². The van der Waals surface area contributed by atoms with E-state index in [-0.39, 0.29) is 5.70 Å². The van der Waals surface area contributed by atoms with Crippen molar-refractivity contribution in [3.05, 3.63) is 40.2 Å². The largest absolute Gasteiger partial charge is 0.493 e. The van der Waals surface area contributed by atoms with Crippen LogP contribution in [-0.4, -0.2) is 44.3 Å². The molecule has 1 aromatic rings. The summed E-state index contributed by atoms with van der Waals surface area (Å²) in [6.45, 7) is 7.54. The topological polar surface area (TPSA) is 118 Å². The number of nitrogens with zero attached hydrogens (tertiary/aromatic N) is 2. The molecule has 164 valence electrons. The third-order valence-electron chi connectivity index (χ3n) is 4.41. The highest BCUT2D eigenvalue weighted by molar-refractivity contribution is 6.31. The first-order valence-corrected chi connectivity index (χ1v) is 10.1. The fourth-order valence-electron chi connectivity index (χ4n) is 2.69. The zero-order chi connectivity index (χ0) is 22.5. The molecule has 0 aliphatic heterocycles. The zero-order valence-corrected chi connectivity index (χ0v) is 18.5. The Balaban J connectivity index is 2.69. The molecule has 0 heterocycles. The number of unbranched alkanes of at least 4 members (excludes halogenated alkanes) is 1. The summed E-state index contributed by atoms with van der Waals surface area (Å²) < 4.78 is 5.66. The van der Waals surface area contributed by atoms with Gasteiger partial charge in [0.25, 0.3) is 0 Å². The van der Waals surface area contributed by atoms with E-state index in [9.17, 15) is 9.59 Å². The van der Waals surface area contributed by atoms with Gasteiger partial charge in [0.2, 0.25) is 5.91 Å². The third kappa shape index (κ3) is 7.96. The fourth-order valence-corrected chi connectivity index (χ4v) is 2.86. The van der Waals surface area contributed by atoms with Gasteiger partial charge in [0.05, 0.1) is 24.1 Å². The lowest BCUT2D eigenvalue weighted by atomic mass is 10.0. The van der Waals surface area contributed by atoms with Crippen LogP contribution < -0.4 is 21.1 Å². The van der Waals surface area contributed by atoms with Crippen LogP contribution in [0.25, 0.3) is 0 Å². The molecule has 0 bridgehead atoms. The second-order valence-electron chi connectivity index (χ2n) is 6.51. The average molecular weight is 436 g/mol. The number of carbonyl (C=O) groups is 2. The van der Waals surface area contributed by atoms with Gasteiger partial charge in [-0.1, -0.05) is 18.0 Å². The Morgan fingerprint density at radius 2 is 2.13 bits per heavy atom. The molecule has 1 unspecified atom stereocenters. The quantitative estimate of drug-likeness (QED) is 0.145. The number of nitrogens with two attached hydrogens (primary N) is 1. The second kappa shape index (κ2) is 13.5. The molecule has 0 aromatic heterocycles. The molecular weight excluding hydrogens is 406 g/mol. The minimum absolute atomic E-state index is 0.175. The monoisotopic (exact) mass is 435 g/mol.